The van der Waals surface area contributed by atoms with Crippen molar-refractivity contribution in [3.05, 3.63) is 51.9 Å². The predicted molar refractivity (Wildman–Crippen MR) is 64.2 cm³/mol. The molecule has 0 amide bonds. The molecule has 0 unspecified atom stereocenters. The molecule has 0 atom stereocenters. The molecule has 19 heavy (non-hydrogen) atoms. The van der Waals surface area contributed by atoms with E-state index in [0.717, 1.165) is 12.1 Å². The van der Waals surface area contributed by atoms with Crippen LogP contribution in [0.3, 0.4) is 0 Å². The highest BCUT2D eigenvalue weighted by Gasteiger charge is 2.32. The second kappa shape index (κ2) is 4.97. The number of hydrogen-bond donors (Lipinski definition) is 1. The number of H-pyrrole nitrogens is 1. The summed E-state index contributed by atoms with van der Waals surface area (Å²) in [6, 6.07) is 6.57. The van der Waals surface area contributed by atoms with E-state index in [0.29, 0.717) is 0 Å². The van der Waals surface area contributed by atoms with Crippen LogP contribution < -0.4 is 10.3 Å². The van der Waals surface area contributed by atoms with Crippen LogP contribution in [0.2, 0.25) is 5.02 Å². The first-order valence-corrected chi connectivity index (χ1v) is 5.48. The van der Waals surface area contributed by atoms with Gasteiger partial charge < -0.3 is 9.72 Å². The number of aromatic nitrogens is 1. The Hall–Kier alpha value is -1.95. The van der Waals surface area contributed by atoms with Crippen molar-refractivity contribution in [3.63, 3.8) is 0 Å². The molecule has 2 aromatic rings. The molecule has 2 rings (SSSR count). The zero-order chi connectivity index (χ0) is 14.0. The van der Waals surface area contributed by atoms with Crippen molar-refractivity contribution in [2.45, 2.75) is 6.36 Å². The standard InChI is InChI=1S/C12H7ClF3NO2/c13-9-6-17-11(18)5-8(9)7-3-1-2-4-10(7)19-12(14,15)16/h1-6H,(H,17,18). The maximum absolute atomic E-state index is 12.3. The number of nitrogens with one attached hydrogen (secondary N) is 1. The first kappa shape index (κ1) is 13.5. The average Bonchev–Trinajstić information content (AvgIpc) is 2.31. The summed E-state index contributed by atoms with van der Waals surface area (Å²) in [6.45, 7) is 0. The van der Waals surface area contributed by atoms with Gasteiger partial charge in [0.25, 0.3) is 0 Å². The van der Waals surface area contributed by atoms with Crippen LogP contribution in [0.15, 0.2) is 41.3 Å². The highest BCUT2D eigenvalue weighted by atomic mass is 35.5. The zero-order valence-corrected chi connectivity index (χ0v) is 10.0. The van der Waals surface area contributed by atoms with Crippen LogP contribution in [0, 0.1) is 0 Å². The lowest BCUT2D eigenvalue weighted by Crippen LogP contribution is -2.17. The highest BCUT2D eigenvalue weighted by molar-refractivity contribution is 6.33. The molecule has 0 spiro atoms. The third-order valence-electron chi connectivity index (χ3n) is 2.28. The van der Waals surface area contributed by atoms with Gasteiger partial charge in [-0.2, -0.15) is 0 Å². The number of para-hydroxylation sites is 1. The summed E-state index contributed by atoms with van der Waals surface area (Å²) in [6.07, 6.45) is -3.60. The second-order valence-electron chi connectivity index (χ2n) is 3.60. The van der Waals surface area contributed by atoms with Gasteiger partial charge in [-0.05, 0) is 6.07 Å². The molecule has 0 fully saturated rings. The van der Waals surface area contributed by atoms with Gasteiger partial charge in [0.1, 0.15) is 5.75 Å². The Morgan fingerprint density at radius 3 is 2.53 bits per heavy atom. The third kappa shape index (κ3) is 3.29. The van der Waals surface area contributed by atoms with Crippen LogP contribution in [-0.4, -0.2) is 11.3 Å². The molecule has 0 radical (unpaired) electrons. The predicted octanol–water partition coefficient (Wildman–Crippen LogP) is 3.59. The minimum Gasteiger partial charge on any atom is -0.405 e. The van der Waals surface area contributed by atoms with E-state index in [1.165, 1.54) is 24.4 Å². The number of halogens is 4. The molecule has 0 aliphatic carbocycles. The number of rotatable bonds is 2. The van der Waals surface area contributed by atoms with Crippen LogP contribution in [-0.2, 0) is 0 Å². The van der Waals surface area contributed by atoms with Crippen LogP contribution in [0.4, 0.5) is 13.2 Å². The van der Waals surface area contributed by atoms with Crippen molar-refractivity contribution in [2.24, 2.45) is 0 Å². The van der Waals surface area contributed by atoms with Gasteiger partial charge in [0, 0.05) is 23.4 Å². The topological polar surface area (TPSA) is 42.1 Å². The van der Waals surface area contributed by atoms with Gasteiger partial charge >= 0.3 is 6.36 Å². The van der Waals surface area contributed by atoms with Gasteiger partial charge in [0.2, 0.25) is 5.56 Å². The molecule has 100 valence electrons. The third-order valence-corrected chi connectivity index (χ3v) is 2.59. The summed E-state index contributed by atoms with van der Waals surface area (Å²) in [5.74, 6) is -0.414. The van der Waals surface area contributed by atoms with Crippen LogP contribution in [0.5, 0.6) is 5.75 Å². The van der Waals surface area contributed by atoms with Gasteiger partial charge in [0.15, 0.2) is 0 Å². The average molecular weight is 290 g/mol. The highest BCUT2D eigenvalue weighted by Crippen LogP contribution is 2.36. The Kier molecular flexibility index (Phi) is 3.53. The molecule has 7 heteroatoms. The molecular formula is C12H7ClF3NO2. The van der Waals surface area contributed by atoms with Crippen LogP contribution >= 0.6 is 11.6 Å². The van der Waals surface area contributed by atoms with E-state index in [9.17, 15) is 18.0 Å². The van der Waals surface area contributed by atoms with Gasteiger partial charge in [-0.25, -0.2) is 0 Å². The summed E-state index contributed by atoms with van der Waals surface area (Å²) >= 11 is 5.87. The van der Waals surface area contributed by atoms with E-state index in [1.807, 2.05) is 0 Å². The first-order valence-electron chi connectivity index (χ1n) is 5.10. The Bertz CT molecular complexity index is 652. The van der Waals surface area contributed by atoms with Gasteiger partial charge in [-0.1, -0.05) is 29.8 Å². The lowest BCUT2D eigenvalue weighted by molar-refractivity contribution is -0.274. The largest absolute Gasteiger partial charge is 0.573 e. The number of benzene rings is 1. The number of aromatic amines is 1. The molecule has 1 N–H and O–H groups in total. The van der Waals surface area contributed by atoms with Crippen molar-refractivity contribution in [1.29, 1.82) is 0 Å². The zero-order valence-electron chi connectivity index (χ0n) is 9.29. The first-order chi connectivity index (χ1) is 8.87. The van der Waals surface area contributed by atoms with E-state index >= 15 is 0 Å². The number of ether oxygens (including phenoxy) is 1. The Labute approximate surface area is 110 Å². The molecule has 1 aromatic carbocycles. The fraction of sp³-hybridized carbons (Fsp3) is 0.0833. The molecule has 0 saturated heterocycles. The number of alkyl halides is 3. The summed E-state index contributed by atoms with van der Waals surface area (Å²) < 4.78 is 40.8. The summed E-state index contributed by atoms with van der Waals surface area (Å²) in [4.78, 5) is 13.6. The fourth-order valence-corrected chi connectivity index (χ4v) is 1.77. The van der Waals surface area contributed by atoms with Crippen molar-refractivity contribution in [3.8, 4) is 16.9 Å². The molecule has 0 saturated carbocycles. The SMILES string of the molecule is O=c1cc(-c2ccccc2OC(F)(F)F)c(Cl)c[nH]1. The van der Waals surface area contributed by atoms with Crippen molar-refractivity contribution in [2.75, 3.05) is 0 Å². The normalized spacial score (nSPS) is 11.4. The smallest absolute Gasteiger partial charge is 0.405 e. The van der Waals surface area contributed by atoms with Crippen LogP contribution in [0.25, 0.3) is 11.1 Å². The molecular weight excluding hydrogens is 283 g/mol. The Morgan fingerprint density at radius 1 is 1.16 bits per heavy atom. The van der Waals surface area contributed by atoms with Gasteiger partial charge in [-0.3, -0.25) is 4.79 Å². The quantitative estimate of drug-likeness (QED) is 0.918. The molecule has 1 aromatic heterocycles. The minimum atomic E-state index is -4.82. The molecule has 0 aliphatic heterocycles. The van der Waals surface area contributed by atoms with Crippen LogP contribution in [0.1, 0.15) is 0 Å². The lowest BCUT2D eigenvalue weighted by atomic mass is 10.1. The summed E-state index contributed by atoms with van der Waals surface area (Å²) in [5, 5.41) is 0.123. The summed E-state index contributed by atoms with van der Waals surface area (Å²) in [7, 11) is 0. The second-order valence-corrected chi connectivity index (χ2v) is 4.01. The molecule has 0 aliphatic rings. The van der Waals surface area contributed by atoms with E-state index in [4.69, 9.17) is 11.6 Å². The maximum atomic E-state index is 12.3. The lowest BCUT2D eigenvalue weighted by Gasteiger charge is -2.13. The van der Waals surface area contributed by atoms with Gasteiger partial charge in [0.05, 0.1) is 5.02 Å². The summed E-state index contributed by atoms with van der Waals surface area (Å²) in [5.41, 5.74) is -0.206. The fourth-order valence-electron chi connectivity index (χ4n) is 1.56. The molecule has 3 nitrogen and oxygen atoms in total. The maximum Gasteiger partial charge on any atom is 0.573 e. The van der Waals surface area contributed by atoms with E-state index in [2.05, 4.69) is 9.72 Å². The number of pyridine rings is 1. The van der Waals surface area contributed by atoms with E-state index < -0.39 is 17.7 Å². The minimum absolute atomic E-state index is 0.0934. The van der Waals surface area contributed by atoms with Crippen molar-refractivity contribution >= 4 is 11.6 Å². The Morgan fingerprint density at radius 2 is 1.84 bits per heavy atom. The monoisotopic (exact) mass is 289 g/mol. The van der Waals surface area contributed by atoms with Gasteiger partial charge in [-0.15, -0.1) is 13.2 Å². The van der Waals surface area contributed by atoms with Crippen molar-refractivity contribution in [1.82, 2.24) is 4.98 Å². The van der Waals surface area contributed by atoms with Crippen molar-refractivity contribution < 1.29 is 17.9 Å². The van der Waals surface area contributed by atoms with E-state index in [1.54, 1.807) is 0 Å². The molecule has 0 bridgehead atoms. The van der Waals surface area contributed by atoms with E-state index in [-0.39, 0.29) is 16.1 Å². The number of hydrogen-bond acceptors (Lipinski definition) is 2. The molecule has 1 heterocycles. The Balaban J connectivity index is 2.56.